The minimum absolute atomic E-state index is 0. The lowest BCUT2D eigenvalue weighted by Crippen LogP contribution is -2.42. The van der Waals surface area contributed by atoms with Crippen molar-refractivity contribution in [1.29, 1.82) is 0 Å². The van der Waals surface area contributed by atoms with Gasteiger partial charge in [-0.25, -0.2) is 4.99 Å². The van der Waals surface area contributed by atoms with Gasteiger partial charge in [0.1, 0.15) is 6.54 Å². The molecule has 2 aliphatic rings. The second-order valence-electron chi connectivity index (χ2n) is 7.78. The van der Waals surface area contributed by atoms with Crippen LogP contribution in [0.15, 0.2) is 29.3 Å². The Bertz CT molecular complexity index is 659. The minimum Gasteiger partial charge on any atom is -0.357 e. The van der Waals surface area contributed by atoms with Gasteiger partial charge >= 0.3 is 0 Å². The monoisotopic (exact) mass is 470 g/mol. The molecule has 0 bridgehead atoms. The van der Waals surface area contributed by atoms with Crippen molar-refractivity contribution in [2.24, 2.45) is 10.4 Å². The molecule has 0 aromatic heterocycles. The molecule has 1 aromatic carbocycles. The average molecular weight is 470 g/mol. The summed E-state index contributed by atoms with van der Waals surface area (Å²) < 4.78 is 0. The van der Waals surface area contributed by atoms with Crippen LogP contribution in [0.4, 0.5) is 5.69 Å². The molecule has 0 atom stereocenters. The molecular weight excluding hydrogens is 439 g/mol. The maximum atomic E-state index is 12.8. The van der Waals surface area contributed by atoms with E-state index in [-0.39, 0.29) is 36.4 Å². The Morgan fingerprint density at radius 2 is 2.04 bits per heavy atom. The van der Waals surface area contributed by atoms with E-state index in [9.17, 15) is 4.79 Å². The van der Waals surface area contributed by atoms with Crippen LogP contribution < -0.4 is 10.2 Å². The smallest absolute Gasteiger partial charge is 0.248 e. The quantitative estimate of drug-likeness (QED) is 0.419. The van der Waals surface area contributed by atoms with Crippen LogP contribution in [0.25, 0.3) is 0 Å². The van der Waals surface area contributed by atoms with Gasteiger partial charge in [0.25, 0.3) is 0 Å². The Kier molecular flexibility index (Phi) is 7.32. The fourth-order valence-corrected chi connectivity index (χ4v) is 3.74. The van der Waals surface area contributed by atoms with Crippen LogP contribution in [0.2, 0.25) is 0 Å². The topological polar surface area (TPSA) is 47.9 Å². The van der Waals surface area contributed by atoms with Gasteiger partial charge in [0.15, 0.2) is 5.96 Å². The van der Waals surface area contributed by atoms with Crippen LogP contribution in [0.5, 0.6) is 0 Å². The number of nitrogens with one attached hydrogen (secondary N) is 1. The summed E-state index contributed by atoms with van der Waals surface area (Å²) in [7, 11) is 0. The number of carbonyl (C=O) groups excluding carboxylic acids is 1. The van der Waals surface area contributed by atoms with Crippen LogP contribution >= 0.6 is 24.0 Å². The zero-order chi connectivity index (χ0) is 17.9. The van der Waals surface area contributed by atoms with Crippen LogP contribution in [0, 0.1) is 5.41 Å². The molecular formula is C20H31IN4O. The highest BCUT2D eigenvalue weighted by Crippen LogP contribution is 2.29. The summed E-state index contributed by atoms with van der Waals surface area (Å²) in [6.45, 7) is 10.4. The van der Waals surface area contributed by atoms with Gasteiger partial charge in [-0.05, 0) is 43.2 Å². The third kappa shape index (κ3) is 4.90. The van der Waals surface area contributed by atoms with Crippen molar-refractivity contribution in [1.82, 2.24) is 10.2 Å². The molecule has 1 N–H and O–H groups in total. The van der Waals surface area contributed by atoms with E-state index in [1.165, 1.54) is 5.56 Å². The van der Waals surface area contributed by atoms with Crippen molar-refractivity contribution in [3.8, 4) is 0 Å². The number of guanidine groups is 1. The molecule has 0 unspecified atom stereocenters. The van der Waals surface area contributed by atoms with Crippen LogP contribution in [0.1, 0.15) is 39.2 Å². The molecule has 0 radical (unpaired) electrons. The number of aliphatic imine (C=N–C) groups is 1. The Balaban J connectivity index is 0.00000243. The van der Waals surface area contributed by atoms with E-state index in [1.807, 2.05) is 23.1 Å². The number of benzene rings is 1. The molecule has 3 rings (SSSR count). The first-order valence-electron chi connectivity index (χ1n) is 9.42. The highest BCUT2D eigenvalue weighted by Gasteiger charge is 2.31. The summed E-state index contributed by atoms with van der Waals surface area (Å²) in [6.07, 6.45) is 3.23. The van der Waals surface area contributed by atoms with Gasteiger partial charge in [-0.3, -0.25) is 4.79 Å². The summed E-state index contributed by atoms with van der Waals surface area (Å²) in [5, 5.41) is 3.34. The number of para-hydroxylation sites is 1. The van der Waals surface area contributed by atoms with E-state index in [0.29, 0.717) is 5.41 Å². The molecule has 2 aliphatic heterocycles. The summed E-state index contributed by atoms with van der Waals surface area (Å²) in [5.41, 5.74) is 2.63. The maximum Gasteiger partial charge on any atom is 0.248 e. The lowest BCUT2D eigenvalue weighted by Gasteiger charge is -2.29. The number of rotatable bonds is 3. The lowest BCUT2D eigenvalue weighted by atomic mass is 9.93. The molecule has 1 aromatic rings. The first-order chi connectivity index (χ1) is 12.0. The number of halogens is 1. The second-order valence-corrected chi connectivity index (χ2v) is 7.78. The van der Waals surface area contributed by atoms with E-state index < -0.39 is 0 Å². The van der Waals surface area contributed by atoms with Crippen molar-refractivity contribution < 1.29 is 4.79 Å². The number of anilines is 1. The van der Waals surface area contributed by atoms with Gasteiger partial charge in [0, 0.05) is 31.9 Å². The van der Waals surface area contributed by atoms with E-state index >= 15 is 0 Å². The molecule has 0 spiro atoms. The number of amides is 1. The Morgan fingerprint density at radius 3 is 2.73 bits per heavy atom. The molecule has 26 heavy (non-hydrogen) atoms. The predicted octanol–water partition coefficient (Wildman–Crippen LogP) is 3.28. The number of hydrogen-bond donors (Lipinski definition) is 1. The molecule has 1 saturated heterocycles. The minimum atomic E-state index is 0. The molecule has 5 nitrogen and oxygen atoms in total. The van der Waals surface area contributed by atoms with Crippen molar-refractivity contribution in [3.05, 3.63) is 29.8 Å². The molecule has 2 heterocycles. The highest BCUT2D eigenvalue weighted by atomic mass is 127. The summed E-state index contributed by atoms with van der Waals surface area (Å²) in [4.78, 5) is 21.6. The molecule has 144 valence electrons. The SMILES string of the molecule is CCNC(=NCC(=O)N1CCCc2ccccc21)N1CCC(C)(C)C1.I. The number of nitrogens with zero attached hydrogens (tertiary/aromatic N) is 3. The number of carbonyl (C=O) groups is 1. The first kappa shape index (κ1) is 21.0. The van der Waals surface area contributed by atoms with E-state index in [4.69, 9.17) is 0 Å². The van der Waals surface area contributed by atoms with E-state index in [1.54, 1.807) is 0 Å². The Morgan fingerprint density at radius 1 is 1.27 bits per heavy atom. The van der Waals surface area contributed by atoms with Crippen molar-refractivity contribution in [3.63, 3.8) is 0 Å². The zero-order valence-corrected chi connectivity index (χ0v) is 18.5. The van der Waals surface area contributed by atoms with Crippen LogP contribution in [0.3, 0.4) is 0 Å². The number of hydrogen-bond acceptors (Lipinski definition) is 2. The molecule has 0 saturated carbocycles. The lowest BCUT2D eigenvalue weighted by molar-refractivity contribution is -0.117. The average Bonchev–Trinajstić information content (AvgIpc) is 2.97. The van der Waals surface area contributed by atoms with Crippen LogP contribution in [-0.2, 0) is 11.2 Å². The number of fused-ring (bicyclic) bond motifs is 1. The molecule has 1 amide bonds. The maximum absolute atomic E-state index is 12.8. The number of likely N-dealkylation sites (tertiary alicyclic amines) is 1. The second kappa shape index (κ2) is 9.06. The fourth-order valence-electron chi connectivity index (χ4n) is 3.74. The van der Waals surface area contributed by atoms with Crippen LogP contribution in [-0.4, -0.2) is 49.5 Å². The predicted molar refractivity (Wildman–Crippen MR) is 118 cm³/mol. The zero-order valence-electron chi connectivity index (χ0n) is 16.1. The standard InChI is InChI=1S/C20H30N4O.HI/c1-4-21-19(23-13-11-20(2,3)15-23)22-14-18(25)24-12-7-9-16-8-5-6-10-17(16)24;/h5-6,8,10H,4,7,9,11-15H2,1-3H3,(H,21,22);1H. The normalized spacial score (nSPS) is 19.0. The Labute approximate surface area is 174 Å². The molecule has 1 fully saturated rings. The summed E-state index contributed by atoms with van der Waals surface area (Å²) >= 11 is 0. The van der Waals surface area contributed by atoms with Gasteiger partial charge in [-0.15, -0.1) is 24.0 Å². The van der Waals surface area contributed by atoms with Crippen molar-refractivity contribution in [2.45, 2.75) is 40.0 Å². The first-order valence-corrected chi connectivity index (χ1v) is 9.42. The summed E-state index contributed by atoms with van der Waals surface area (Å²) in [6, 6.07) is 8.21. The van der Waals surface area contributed by atoms with Gasteiger partial charge < -0.3 is 15.1 Å². The highest BCUT2D eigenvalue weighted by molar-refractivity contribution is 14.0. The van der Waals surface area contributed by atoms with E-state index in [0.717, 1.165) is 57.1 Å². The van der Waals surface area contributed by atoms with Gasteiger partial charge in [-0.1, -0.05) is 32.0 Å². The third-order valence-electron chi connectivity index (χ3n) is 5.09. The molecule has 6 heteroatoms. The van der Waals surface area contributed by atoms with E-state index in [2.05, 4.69) is 42.0 Å². The third-order valence-corrected chi connectivity index (χ3v) is 5.09. The van der Waals surface area contributed by atoms with Gasteiger partial charge in [-0.2, -0.15) is 0 Å². The van der Waals surface area contributed by atoms with Gasteiger partial charge in [0.2, 0.25) is 5.91 Å². The number of aryl methyl sites for hydroxylation is 1. The van der Waals surface area contributed by atoms with Gasteiger partial charge in [0.05, 0.1) is 0 Å². The summed E-state index contributed by atoms with van der Waals surface area (Å²) in [5.74, 6) is 0.952. The van der Waals surface area contributed by atoms with Crippen molar-refractivity contribution >= 4 is 41.5 Å². The Hall–Kier alpha value is -1.31. The largest absolute Gasteiger partial charge is 0.357 e. The molecule has 0 aliphatic carbocycles. The van der Waals surface area contributed by atoms with Crippen molar-refractivity contribution in [2.75, 3.05) is 37.6 Å². The fraction of sp³-hybridized carbons (Fsp3) is 0.600.